The van der Waals surface area contributed by atoms with E-state index in [1.54, 1.807) is 19.2 Å². The van der Waals surface area contributed by atoms with Crippen LogP contribution in [-0.2, 0) is 6.42 Å². The topological polar surface area (TPSA) is 26.3 Å². The molecule has 2 aromatic carbocycles. The largest absolute Gasteiger partial charge is 0.496 e. The maximum absolute atomic E-state index is 12.4. The highest BCUT2D eigenvalue weighted by Gasteiger charge is 2.13. The highest BCUT2D eigenvalue weighted by Crippen LogP contribution is 2.21. The Labute approximate surface area is 114 Å². The van der Waals surface area contributed by atoms with Gasteiger partial charge in [0.15, 0.2) is 5.78 Å². The van der Waals surface area contributed by atoms with Crippen LogP contribution in [0.2, 0.25) is 0 Å². The Bertz CT molecular complexity index is 556. The third-order valence-electron chi connectivity index (χ3n) is 3.11. The minimum atomic E-state index is 0.000462. The van der Waals surface area contributed by atoms with E-state index in [4.69, 9.17) is 4.74 Å². The normalized spacial score (nSPS) is 10.2. The van der Waals surface area contributed by atoms with E-state index in [9.17, 15) is 4.79 Å². The van der Waals surface area contributed by atoms with E-state index in [-0.39, 0.29) is 5.78 Å². The van der Waals surface area contributed by atoms with Crippen molar-refractivity contribution in [3.63, 3.8) is 0 Å². The summed E-state index contributed by atoms with van der Waals surface area (Å²) in [5.41, 5.74) is 2.57. The molecule has 0 heterocycles. The summed E-state index contributed by atoms with van der Waals surface area (Å²) >= 11 is 0. The number of aryl methyl sites for hydroxylation is 1. The second-order valence-corrected chi connectivity index (χ2v) is 4.48. The van der Waals surface area contributed by atoms with Crippen molar-refractivity contribution in [2.24, 2.45) is 0 Å². The highest BCUT2D eigenvalue weighted by atomic mass is 16.5. The summed E-state index contributed by atoms with van der Waals surface area (Å²) in [6.07, 6.45) is 2.16. The summed E-state index contributed by atoms with van der Waals surface area (Å²) in [4.78, 5) is 12.4. The lowest BCUT2D eigenvalue weighted by molar-refractivity contribution is 0.103. The van der Waals surface area contributed by atoms with Crippen molar-refractivity contribution in [2.45, 2.75) is 19.8 Å². The quantitative estimate of drug-likeness (QED) is 0.757. The summed E-state index contributed by atoms with van der Waals surface area (Å²) in [5.74, 6) is 0.616. The third kappa shape index (κ3) is 3.02. The first kappa shape index (κ1) is 13.3. The molecule has 0 radical (unpaired) electrons. The van der Waals surface area contributed by atoms with Crippen molar-refractivity contribution in [1.29, 1.82) is 0 Å². The van der Waals surface area contributed by atoms with Crippen LogP contribution < -0.4 is 4.74 Å². The van der Waals surface area contributed by atoms with Gasteiger partial charge in [-0.25, -0.2) is 0 Å². The number of para-hydroxylation sites is 1. The molecule has 0 spiro atoms. The van der Waals surface area contributed by atoms with Crippen molar-refractivity contribution < 1.29 is 9.53 Å². The van der Waals surface area contributed by atoms with Gasteiger partial charge in [-0.1, -0.05) is 49.7 Å². The van der Waals surface area contributed by atoms with Crippen LogP contribution in [0.3, 0.4) is 0 Å². The Balaban J connectivity index is 2.28. The number of ketones is 1. The molecule has 0 fully saturated rings. The van der Waals surface area contributed by atoms with E-state index in [1.165, 1.54) is 5.56 Å². The van der Waals surface area contributed by atoms with E-state index >= 15 is 0 Å². The summed E-state index contributed by atoms with van der Waals surface area (Å²) in [6, 6.07) is 15.1. The molecular weight excluding hydrogens is 236 g/mol. The van der Waals surface area contributed by atoms with E-state index in [0.717, 1.165) is 12.8 Å². The van der Waals surface area contributed by atoms with Gasteiger partial charge < -0.3 is 4.74 Å². The number of rotatable bonds is 5. The standard InChI is InChI=1S/C17H18O2/c1-3-6-13-9-11-14(12-10-13)17(18)15-7-4-5-8-16(15)19-2/h4-5,7-12H,3,6H2,1-2H3. The predicted molar refractivity (Wildman–Crippen MR) is 76.9 cm³/mol. The van der Waals surface area contributed by atoms with Crippen LogP contribution in [-0.4, -0.2) is 12.9 Å². The molecule has 0 unspecified atom stereocenters. The molecule has 0 amide bonds. The van der Waals surface area contributed by atoms with Crippen LogP contribution in [0.15, 0.2) is 48.5 Å². The van der Waals surface area contributed by atoms with Gasteiger partial charge >= 0.3 is 0 Å². The van der Waals surface area contributed by atoms with Gasteiger partial charge in [0, 0.05) is 5.56 Å². The summed E-state index contributed by atoms with van der Waals surface area (Å²) < 4.78 is 5.23. The molecular formula is C17H18O2. The molecule has 0 aliphatic heterocycles. The molecule has 0 N–H and O–H groups in total. The van der Waals surface area contributed by atoms with Crippen molar-refractivity contribution in [3.05, 3.63) is 65.2 Å². The lowest BCUT2D eigenvalue weighted by Crippen LogP contribution is -2.03. The summed E-state index contributed by atoms with van der Waals surface area (Å²) in [7, 11) is 1.58. The zero-order valence-corrected chi connectivity index (χ0v) is 11.3. The first-order valence-electron chi connectivity index (χ1n) is 6.53. The number of hydrogen-bond donors (Lipinski definition) is 0. The van der Waals surface area contributed by atoms with Crippen LogP contribution in [0, 0.1) is 0 Å². The number of ether oxygens (including phenoxy) is 1. The molecule has 0 atom stereocenters. The molecule has 2 heteroatoms. The van der Waals surface area contributed by atoms with Crippen molar-refractivity contribution in [3.8, 4) is 5.75 Å². The van der Waals surface area contributed by atoms with E-state index < -0.39 is 0 Å². The molecule has 98 valence electrons. The third-order valence-corrected chi connectivity index (χ3v) is 3.11. The van der Waals surface area contributed by atoms with Crippen LogP contribution in [0.1, 0.15) is 34.8 Å². The number of hydrogen-bond acceptors (Lipinski definition) is 2. The second kappa shape index (κ2) is 6.19. The number of carbonyl (C=O) groups excluding carboxylic acids is 1. The van der Waals surface area contributed by atoms with Crippen LogP contribution in [0.5, 0.6) is 5.75 Å². The van der Waals surface area contributed by atoms with Crippen LogP contribution in [0.25, 0.3) is 0 Å². The van der Waals surface area contributed by atoms with Gasteiger partial charge in [0.05, 0.1) is 12.7 Å². The minimum Gasteiger partial charge on any atom is -0.496 e. The molecule has 0 saturated heterocycles. The maximum Gasteiger partial charge on any atom is 0.196 e. The van der Waals surface area contributed by atoms with Crippen molar-refractivity contribution in [2.75, 3.05) is 7.11 Å². The second-order valence-electron chi connectivity index (χ2n) is 4.48. The molecule has 19 heavy (non-hydrogen) atoms. The van der Waals surface area contributed by atoms with Gasteiger partial charge in [-0.15, -0.1) is 0 Å². The summed E-state index contributed by atoms with van der Waals surface area (Å²) in [5, 5.41) is 0. The Morgan fingerprint density at radius 3 is 2.37 bits per heavy atom. The van der Waals surface area contributed by atoms with Gasteiger partial charge in [-0.3, -0.25) is 4.79 Å². The van der Waals surface area contributed by atoms with E-state index in [2.05, 4.69) is 6.92 Å². The number of methoxy groups -OCH3 is 1. The Morgan fingerprint density at radius 2 is 1.74 bits per heavy atom. The molecule has 0 aliphatic rings. The molecule has 0 bridgehead atoms. The minimum absolute atomic E-state index is 0.000462. The molecule has 2 nitrogen and oxygen atoms in total. The first-order chi connectivity index (χ1) is 9.26. The fourth-order valence-electron chi connectivity index (χ4n) is 2.10. The van der Waals surface area contributed by atoms with Crippen molar-refractivity contribution >= 4 is 5.78 Å². The maximum atomic E-state index is 12.4. The molecule has 2 rings (SSSR count). The van der Waals surface area contributed by atoms with Gasteiger partial charge in [-0.2, -0.15) is 0 Å². The van der Waals surface area contributed by atoms with Gasteiger partial charge in [0.2, 0.25) is 0 Å². The molecule has 2 aromatic rings. The fraction of sp³-hybridized carbons (Fsp3) is 0.235. The highest BCUT2D eigenvalue weighted by molar-refractivity contribution is 6.10. The number of benzene rings is 2. The lowest BCUT2D eigenvalue weighted by atomic mass is 10.0. The Kier molecular flexibility index (Phi) is 4.35. The molecule has 0 aliphatic carbocycles. The molecule has 0 aromatic heterocycles. The first-order valence-corrected chi connectivity index (χ1v) is 6.53. The Hall–Kier alpha value is -2.09. The fourth-order valence-corrected chi connectivity index (χ4v) is 2.10. The zero-order chi connectivity index (χ0) is 13.7. The number of carbonyl (C=O) groups is 1. The summed E-state index contributed by atoms with van der Waals surface area (Å²) in [6.45, 7) is 2.15. The van der Waals surface area contributed by atoms with Gasteiger partial charge in [-0.05, 0) is 24.1 Å². The van der Waals surface area contributed by atoms with E-state index in [1.807, 2.05) is 36.4 Å². The zero-order valence-electron chi connectivity index (χ0n) is 11.3. The smallest absolute Gasteiger partial charge is 0.196 e. The molecule has 0 saturated carbocycles. The van der Waals surface area contributed by atoms with Gasteiger partial charge in [0.25, 0.3) is 0 Å². The van der Waals surface area contributed by atoms with E-state index in [0.29, 0.717) is 16.9 Å². The van der Waals surface area contributed by atoms with Crippen LogP contribution in [0.4, 0.5) is 0 Å². The van der Waals surface area contributed by atoms with Gasteiger partial charge in [0.1, 0.15) is 5.75 Å². The lowest BCUT2D eigenvalue weighted by Gasteiger charge is -2.07. The predicted octanol–water partition coefficient (Wildman–Crippen LogP) is 3.88. The average Bonchev–Trinajstić information content (AvgIpc) is 2.47. The SMILES string of the molecule is CCCc1ccc(C(=O)c2ccccc2OC)cc1. The monoisotopic (exact) mass is 254 g/mol. The Morgan fingerprint density at radius 1 is 1.05 bits per heavy atom. The average molecular weight is 254 g/mol. The van der Waals surface area contributed by atoms with Crippen LogP contribution >= 0.6 is 0 Å². The van der Waals surface area contributed by atoms with Crippen molar-refractivity contribution in [1.82, 2.24) is 0 Å².